The zero-order valence-electron chi connectivity index (χ0n) is 33.0. The summed E-state index contributed by atoms with van der Waals surface area (Å²) >= 11 is 0. The molecule has 0 bridgehead atoms. The van der Waals surface area contributed by atoms with Crippen LogP contribution in [0.2, 0.25) is 0 Å². The zero-order valence-corrected chi connectivity index (χ0v) is 33.9. The van der Waals surface area contributed by atoms with E-state index >= 15 is 0 Å². The normalized spacial score (nSPS) is 15.8. The first kappa shape index (κ1) is 51.6. The Labute approximate surface area is 325 Å². The van der Waals surface area contributed by atoms with Crippen LogP contribution in [0.15, 0.2) is 60.8 Å². The van der Waals surface area contributed by atoms with Crippen LogP contribution in [0.3, 0.4) is 0 Å². The average molecular weight is 786 g/mol. The van der Waals surface area contributed by atoms with Gasteiger partial charge in [0.15, 0.2) is 6.10 Å². The van der Waals surface area contributed by atoms with Crippen molar-refractivity contribution in [2.75, 3.05) is 26.4 Å². The SMILES string of the molecule is CC/C=C\C[C@@H](O)/C=C/C=C/C=C\C=C/[C@H](O)[C@@H](O)CCCC(=O)OC[C@H](COP(=O)(O)OCCN)OC(=O)CCCCCCCCCCCCCCC. The molecule has 0 aliphatic rings. The first-order valence-corrected chi connectivity index (χ1v) is 21.6. The summed E-state index contributed by atoms with van der Waals surface area (Å²) in [5, 5.41) is 30.3. The number of hydrogen-bond donors (Lipinski definition) is 5. The molecule has 1 unspecified atom stereocenters. The van der Waals surface area contributed by atoms with Crippen molar-refractivity contribution in [3.8, 4) is 0 Å². The number of rotatable bonds is 36. The van der Waals surface area contributed by atoms with Crippen LogP contribution < -0.4 is 5.73 Å². The number of hydrogen-bond acceptors (Lipinski definition) is 11. The second-order valence-corrected chi connectivity index (χ2v) is 14.8. The summed E-state index contributed by atoms with van der Waals surface area (Å²) in [6.45, 7) is 3.12. The van der Waals surface area contributed by atoms with Crippen molar-refractivity contribution in [1.29, 1.82) is 0 Å². The van der Waals surface area contributed by atoms with E-state index in [9.17, 15) is 34.4 Å². The van der Waals surface area contributed by atoms with Gasteiger partial charge >= 0.3 is 19.8 Å². The molecule has 0 amide bonds. The van der Waals surface area contributed by atoms with Gasteiger partial charge < -0.3 is 35.4 Å². The predicted octanol–water partition coefficient (Wildman–Crippen LogP) is 7.85. The lowest BCUT2D eigenvalue weighted by molar-refractivity contribution is -0.161. The highest BCUT2D eigenvalue weighted by molar-refractivity contribution is 7.47. The van der Waals surface area contributed by atoms with Gasteiger partial charge in [0.2, 0.25) is 0 Å². The van der Waals surface area contributed by atoms with E-state index in [-0.39, 0.29) is 38.8 Å². The number of phosphoric ester groups is 1. The van der Waals surface area contributed by atoms with Gasteiger partial charge in [0, 0.05) is 19.4 Å². The molecule has 0 aromatic rings. The van der Waals surface area contributed by atoms with Crippen LogP contribution in [0.4, 0.5) is 0 Å². The van der Waals surface area contributed by atoms with E-state index in [2.05, 4.69) is 6.92 Å². The van der Waals surface area contributed by atoms with E-state index in [1.165, 1.54) is 63.9 Å². The quantitative estimate of drug-likeness (QED) is 0.0136. The molecule has 0 saturated heterocycles. The maximum Gasteiger partial charge on any atom is 0.472 e. The van der Waals surface area contributed by atoms with E-state index in [1.807, 2.05) is 19.1 Å². The van der Waals surface area contributed by atoms with Crippen LogP contribution in [0.5, 0.6) is 0 Å². The second kappa shape index (κ2) is 36.2. The first-order chi connectivity index (χ1) is 26.0. The zero-order chi connectivity index (χ0) is 40.1. The number of unbranched alkanes of at least 4 members (excludes halogenated alkanes) is 12. The average Bonchev–Trinajstić information content (AvgIpc) is 3.14. The number of allylic oxidation sites excluding steroid dienone is 7. The number of ether oxygens (including phenoxy) is 2. The molecular weight excluding hydrogens is 713 g/mol. The number of phosphoric acid groups is 1. The van der Waals surface area contributed by atoms with Gasteiger partial charge in [-0.3, -0.25) is 18.6 Å². The summed E-state index contributed by atoms with van der Waals surface area (Å²) in [5.41, 5.74) is 5.32. The largest absolute Gasteiger partial charge is 0.472 e. The Morgan fingerprint density at radius 2 is 1.24 bits per heavy atom. The maximum absolute atomic E-state index is 12.5. The molecule has 5 atom stereocenters. The molecule has 0 aliphatic heterocycles. The minimum absolute atomic E-state index is 0.00270. The number of aliphatic hydroxyl groups excluding tert-OH is 3. The molecule has 0 aromatic carbocycles. The summed E-state index contributed by atoms with van der Waals surface area (Å²) < 4.78 is 32.4. The number of nitrogens with two attached hydrogens (primary N) is 1. The van der Waals surface area contributed by atoms with Crippen molar-refractivity contribution >= 4 is 19.8 Å². The van der Waals surface area contributed by atoms with Crippen molar-refractivity contribution in [2.45, 2.75) is 160 Å². The van der Waals surface area contributed by atoms with Crippen molar-refractivity contribution in [2.24, 2.45) is 5.73 Å². The van der Waals surface area contributed by atoms with Crippen LogP contribution in [-0.4, -0.2) is 82.9 Å². The Kier molecular flexibility index (Phi) is 34.6. The third-order valence-electron chi connectivity index (χ3n) is 8.26. The van der Waals surface area contributed by atoms with E-state index in [0.717, 1.165) is 25.7 Å². The number of esters is 2. The molecule has 13 heteroatoms. The third kappa shape index (κ3) is 34.1. The lowest BCUT2D eigenvalue weighted by atomic mass is 10.0. The molecule has 0 rings (SSSR count). The molecule has 0 fully saturated rings. The van der Waals surface area contributed by atoms with Crippen LogP contribution in [0.1, 0.15) is 136 Å². The lowest BCUT2D eigenvalue weighted by Gasteiger charge is -2.20. The number of carbonyl (C=O) groups excluding carboxylic acids is 2. The molecule has 0 radical (unpaired) electrons. The Bertz CT molecular complexity index is 1120. The van der Waals surface area contributed by atoms with E-state index in [4.69, 9.17) is 24.3 Å². The van der Waals surface area contributed by atoms with E-state index < -0.39 is 57.4 Å². The van der Waals surface area contributed by atoms with Gasteiger partial charge in [-0.2, -0.15) is 0 Å². The Balaban J connectivity index is 4.55. The molecule has 312 valence electrons. The Hall–Kier alpha value is -2.41. The van der Waals surface area contributed by atoms with Gasteiger partial charge in [0.05, 0.1) is 31.5 Å². The van der Waals surface area contributed by atoms with Gasteiger partial charge in [-0.1, -0.05) is 152 Å². The van der Waals surface area contributed by atoms with Crippen molar-refractivity contribution in [3.63, 3.8) is 0 Å². The fourth-order valence-corrected chi connectivity index (χ4v) is 5.92. The molecule has 0 saturated carbocycles. The molecule has 0 heterocycles. The summed E-state index contributed by atoms with van der Waals surface area (Å²) in [6.07, 6.45) is 30.6. The summed E-state index contributed by atoms with van der Waals surface area (Å²) in [7, 11) is -4.46. The van der Waals surface area contributed by atoms with Gasteiger partial charge in [-0.25, -0.2) is 4.57 Å². The summed E-state index contributed by atoms with van der Waals surface area (Å²) in [5.74, 6) is -1.16. The number of aliphatic hydroxyl groups is 3. The van der Waals surface area contributed by atoms with Crippen LogP contribution >= 0.6 is 7.82 Å². The highest BCUT2D eigenvalue weighted by Gasteiger charge is 2.26. The minimum atomic E-state index is -4.46. The molecular formula is C41H72NO11P. The van der Waals surface area contributed by atoms with E-state index in [0.29, 0.717) is 12.8 Å². The molecule has 6 N–H and O–H groups in total. The monoisotopic (exact) mass is 785 g/mol. The van der Waals surface area contributed by atoms with Crippen LogP contribution in [0.25, 0.3) is 0 Å². The van der Waals surface area contributed by atoms with Gasteiger partial charge in [0.25, 0.3) is 0 Å². The highest BCUT2D eigenvalue weighted by atomic mass is 31.2. The third-order valence-corrected chi connectivity index (χ3v) is 9.24. The minimum Gasteiger partial charge on any atom is -0.462 e. The molecule has 0 aliphatic carbocycles. The lowest BCUT2D eigenvalue weighted by Crippen LogP contribution is -2.30. The highest BCUT2D eigenvalue weighted by Crippen LogP contribution is 2.43. The summed E-state index contributed by atoms with van der Waals surface area (Å²) in [6, 6.07) is 0. The van der Waals surface area contributed by atoms with E-state index in [1.54, 1.807) is 42.5 Å². The van der Waals surface area contributed by atoms with Crippen molar-refractivity contribution in [1.82, 2.24) is 0 Å². The van der Waals surface area contributed by atoms with Crippen molar-refractivity contribution < 1.29 is 52.9 Å². The molecule has 12 nitrogen and oxygen atoms in total. The van der Waals surface area contributed by atoms with Gasteiger partial charge in [-0.15, -0.1) is 0 Å². The fraction of sp³-hybridized carbons (Fsp3) is 0.707. The van der Waals surface area contributed by atoms with Crippen molar-refractivity contribution in [3.05, 3.63) is 60.8 Å². The van der Waals surface area contributed by atoms with Crippen LogP contribution in [-0.2, 0) is 32.7 Å². The maximum atomic E-state index is 12.5. The smallest absolute Gasteiger partial charge is 0.462 e. The first-order valence-electron chi connectivity index (χ1n) is 20.1. The Morgan fingerprint density at radius 3 is 1.83 bits per heavy atom. The topological polar surface area (TPSA) is 195 Å². The Morgan fingerprint density at radius 1 is 0.685 bits per heavy atom. The van der Waals surface area contributed by atoms with Gasteiger partial charge in [-0.05, 0) is 32.1 Å². The second-order valence-electron chi connectivity index (χ2n) is 13.3. The molecule has 0 spiro atoms. The standard InChI is InChI=1S/C41H72NO11P/c1-3-5-7-8-9-10-11-12-13-14-15-20-24-30-41(47)53-37(35-52-54(48,49)51-33-32-42)34-50-40(46)31-25-29-39(45)38(44)28-23-19-17-16-18-22-27-36(43)26-21-6-4-2/h6,16-19,21-23,27-28,36-39,43-45H,3-5,7-15,20,24-26,29-35,42H2,1-2H3,(H,48,49)/b18-16+,19-17-,21-6-,27-22+,28-23-/t36-,37-,38+,39+/m1/s1. The van der Waals surface area contributed by atoms with Gasteiger partial charge in [0.1, 0.15) is 6.61 Å². The fourth-order valence-electron chi connectivity index (χ4n) is 5.15. The predicted molar refractivity (Wildman–Crippen MR) is 214 cm³/mol. The van der Waals surface area contributed by atoms with Crippen LogP contribution in [0, 0.1) is 0 Å². The number of carbonyl (C=O) groups is 2. The summed E-state index contributed by atoms with van der Waals surface area (Å²) in [4.78, 5) is 34.8. The molecule has 54 heavy (non-hydrogen) atoms. The molecule has 0 aromatic heterocycles.